The van der Waals surface area contributed by atoms with Crippen LogP contribution in [0.1, 0.15) is 24.2 Å². The SMILES string of the molecule is CC(NCc1[nH]c2ccccc2c1Cl)c1ccccc1F. The molecule has 2 N–H and O–H groups in total. The van der Waals surface area contributed by atoms with Crippen LogP contribution >= 0.6 is 11.6 Å². The number of nitrogens with one attached hydrogen (secondary N) is 2. The van der Waals surface area contributed by atoms with Crippen LogP contribution in [-0.4, -0.2) is 4.98 Å². The first kappa shape index (κ1) is 14.1. The highest BCUT2D eigenvalue weighted by atomic mass is 35.5. The molecule has 0 aliphatic rings. The van der Waals surface area contributed by atoms with Crippen molar-refractivity contribution < 1.29 is 4.39 Å². The molecule has 108 valence electrons. The summed E-state index contributed by atoms with van der Waals surface area (Å²) >= 11 is 6.37. The molecule has 0 bridgehead atoms. The van der Waals surface area contributed by atoms with Crippen molar-refractivity contribution in [2.24, 2.45) is 0 Å². The third-order valence-electron chi connectivity index (χ3n) is 3.67. The normalized spacial score (nSPS) is 12.7. The van der Waals surface area contributed by atoms with Gasteiger partial charge in [-0.25, -0.2) is 4.39 Å². The maximum Gasteiger partial charge on any atom is 0.127 e. The molecule has 0 saturated carbocycles. The van der Waals surface area contributed by atoms with E-state index in [1.165, 1.54) is 6.07 Å². The average Bonchev–Trinajstić information content (AvgIpc) is 2.82. The number of halogens is 2. The van der Waals surface area contributed by atoms with Crippen molar-refractivity contribution in [3.8, 4) is 0 Å². The number of hydrogen-bond donors (Lipinski definition) is 2. The van der Waals surface area contributed by atoms with Crippen LogP contribution in [0.4, 0.5) is 4.39 Å². The summed E-state index contributed by atoms with van der Waals surface area (Å²) in [5.41, 5.74) is 2.59. The predicted molar refractivity (Wildman–Crippen MR) is 85.0 cm³/mol. The summed E-state index contributed by atoms with van der Waals surface area (Å²) < 4.78 is 13.7. The van der Waals surface area contributed by atoms with E-state index >= 15 is 0 Å². The van der Waals surface area contributed by atoms with Crippen molar-refractivity contribution in [3.63, 3.8) is 0 Å². The molecule has 0 saturated heterocycles. The number of benzene rings is 2. The average molecular weight is 303 g/mol. The lowest BCUT2D eigenvalue weighted by Crippen LogP contribution is -2.19. The summed E-state index contributed by atoms with van der Waals surface area (Å²) in [5, 5.41) is 5.03. The van der Waals surface area contributed by atoms with Crippen molar-refractivity contribution in [3.05, 3.63) is 70.6 Å². The molecule has 0 radical (unpaired) electrons. The molecule has 4 heteroatoms. The minimum absolute atomic E-state index is 0.0892. The van der Waals surface area contributed by atoms with Gasteiger partial charge in [-0.1, -0.05) is 48.0 Å². The first-order valence-corrected chi connectivity index (χ1v) is 7.27. The molecule has 1 unspecified atom stereocenters. The Bertz CT molecular complexity index is 766. The minimum Gasteiger partial charge on any atom is -0.356 e. The van der Waals surface area contributed by atoms with E-state index in [9.17, 15) is 4.39 Å². The third kappa shape index (κ3) is 2.80. The van der Waals surface area contributed by atoms with Gasteiger partial charge in [-0.3, -0.25) is 0 Å². The standard InChI is InChI=1S/C17H16ClFN2/c1-11(12-6-2-4-8-14(12)19)20-10-16-17(18)13-7-3-5-9-15(13)21-16/h2-9,11,20-21H,10H2,1H3. The second-order valence-electron chi connectivity index (χ2n) is 5.09. The number of H-pyrrole nitrogens is 1. The van der Waals surface area contributed by atoms with Crippen LogP contribution in [0, 0.1) is 5.82 Å². The van der Waals surface area contributed by atoms with Gasteiger partial charge in [-0.05, 0) is 19.1 Å². The number of rotatable bonds is 4. The van der Waals surface area contributed by atoms with Crippen LogP contribution < -0.4 is 5.32 Å². The first-order valence-electron chi connectivity index (χ1n) is 6.89. The Labute approximate surface area is 127 Å². The van der Waals surface area contributed by atoms with Crippen LogP contribution in [0.3, 0.4) is 0 Å². The van der Waals surface area contributed by atoms with Crippen LogP contribution in [-0.2, 0) is 6.54 Å². The van der Waals surface area contributed by atoms with Crippen LogP contribution in [0.2, 0.25) is 5.02 Å². The number of aromatic amines is 1. The van der Waals surface area contributed by atoms with Gasteiger partial charge in [0.15, 0.2) is 0 Å². The van der Waals surface area contributed by atoms with Gasteiger partial charge in [0.1, 0.15) is 5.82 Å². The highest BCUT2D eigenvalue weighted by Crippen LogP contribution is 2.27. The van der Waals surface area contributed by atoms with Crippen LogP contribution in [0.15, 0.2) is 48.5 Å². The first-order chi connectivity index (χ1) is 10.2. The molecule has 2 aromatic carbocycles. The molecule has 0 fully saturated rings. The van der Waals surface area contributed by atoms with Gasteiger partial charge in [-0.2, -0.15) is 0 Å². The van der Waals surface area contributed by atoms with Gasteiger partial charge in [0, 0.05) is 34.7 Å². The van der Waals surface area contributed by atoms with E-state index in [1.807, 2.05) is 37.3 Å². The van der Waals surface area contributed by atoms with Gasteiger partial charge in [-0.15, -0.1) is 0 Å². The van der Waals surface area contributed by atoms with Gasteiger partial charge in [0.2, 0.25) is 0 Å². The van der Waals surface area contributed by atoms with E-state index in [4.69, 9.17) is 11.6 Å². The van der Waals surface area contributed by atoms with E-state index in [0.717, 1.165) is 21.6 Å². The van der Waals surface area contributed by atoms with Crippen molar-refractivity contribution in [2.45, 2.75) is 19.5 Å². The Kier molecular flexibility index (Phi) is 3.95. The maximum atomic E-state index is 13.7. The molecule has 3 aromatic rings. The summed E-state index contributed by atoms with van der Waals surface area (Å²) in [7, 11) is 0. The third-order valence-corrected chi connectivity index (χ3v) is 4.10. The monoisotopic (exact) mass is 302 g/mol. The molecule has 0 amide bonds. The minimum atomic E-state index is -0.194. The van der Waals surface area contributed by atoms with Crippen molar-refractivity contribution in [1.82, 2.24) is 10.3 Å². The lowest BCUT2D eigenvalue weighted by molar-refractivity contribution is 0.525. The van der Waals surface area contributed by atoms with E-state index in [0.29, 0.717) is 12.1 Å². The molecular formula is C17H16ClFN2. The Hall–Kier alpha value is -1.84. The zero-order valence-corrected chi connectivity index (χ0v) is 12.4. The zero-order chi connectivity index (χ0) is 14.8. The highest BCUT2D eigenvalue weighted by molar-refractivity contribution is 6.36. The lowest BCUT2D eigenvalue weighted by Gasteiger charge is -2.14. The van der Waals surface area contributed by atoms with Crippen molar-refractivity contribution >= 4 is 22.5 Å². The maximum absolute atomic E-state index is 13.7. The molecule has 1 aromatic heterocycles. The predicted octanol–water partition coefficient (Wildman–Crippen LogP) is 4.81. The largest absolute Gasteiger partial charge is 0.356 e. The Morgan fingerprint density at radius 2 is 1.86 bits per heavy atom. The molecular weight excluding hydrogens is 287 g/mol. The fourth-order valence-electron chi connectivity index (χ4n) is 2.48. The lowest BCUT2D eigenvalue weighted by atomic mass is 10.1. The summed E-state index contributed by atoms with van der Waals surface area (Å²) in [6.45, 7) is 2.50. The number of para-hydroxylation sites is 1. The van der Waals surface area contributed by atoms with E-state index in [1.54, 1.807) is 12.1 Å². The number of aromatic nitrogens is 1. The highest BCUT2D eigenvalue weighted by Gasteiger charge is 2.12. The topological polar surface area (TPSA) is 27.8 Å². The van der Waals surface area contributed by atoms with Gasteiger partial charge < -0.3 is 10.3 Å². The van der Waals surface area contributed by atoms with Gasteiger partial charge >= 0.3 is 0 Å². The Balaban J connectivity index is 1.77. The van der Waals surface area contributed by atoms with Crippen LogP contribution in [0.25, 0.3) is 10.9 Å². The second-order valence-corrected chi connectivity index (χ2v) is 5.47. The van der Waals surface area contributed by atoms with Gasteiger partial charge in [0.25, 0.3) is 0 Å². The van der Waals surface area contributed by atoms with E-state index < -0.39 is 0 Å². The molecule has 1 atom stereocenters. The summed E-state index contributed by atoms with van der Waals surface area (Å²) in [6.07, 6.45) is 0. The number of fused-ring (bicyclic) bond motifs is 1. The fraction of sp³-hybridized carbons (Fsp3) is 0.176. The molecule has 0 aliphatic carbocycles. The fourth-order valence-corrected chi connectivity index (χ4v) is 2.76. The molecule has 2 nitrogen and oxygen atoms in total. The molecule has 0 aliphatic heterocycles. The number of hydrogen-bond acceptors (Lipinski definition) is 1. The summed E-state index contributed by atoms with van der Waals surface area (Å²) in [6, 6.07) is 14.6. The second kappa shape index (κ2) is 5.88. The smallest absolute Gasteiger partial charge is 0.127 e. The summed E-state index contributed by atoms with van der Waals surface area (Å²) in [5.74, 6) is -0.194. The molecule has 1 heterocycles. The molecule has 3 rings (SSSR count). The van der Waals surface area contributed by atoms with Crippen molar-refractivity contribution in [1.29, 1.82) is 0 Å². The Morgan fingerprint density at radius 3 is 2.62 bits per heavy atom. The quantitative estimate of drug-likeness (QED) is 0.711. The van der Waals surface area contributed by atoms with Gasteiger partial charge in [0.05, 0.1) is 5.02 Å². The zero-order valence-electron chi connectivity index (χ0n) is 11.7. The van der Waals surface area contributed by atoms with Crippen molar-refractivity contribution in [2.75, 3.05) is 0 Å². The molecule has 0 spiro atoms. The van der Waals surface area contributed by atoms with E-state index in [-0.39, 0.29) is 11.9 Å². The van der Waals surface area contributed by atoms with Crippen LogP contribution in [0.5, 0.6) is 0 Å². The molecule has 21 heavy (non-hydrogen) atoms. The summed E-state index contributed by atoms with van der Waals surface area (Å²) in [4.78, 5) is 3.30. The Morgan fingerprint density at radius 1 is 1.14 bits per heavy atom. The van der Waals surface area contributed by atoms with E-state index in [2.05, 4.69) is 10.3 Å².